The third-order valence-electron chi connectivity index (χ3n) is 3.76. The lowest BCUT2D eigenvalue weighted by Crippen LogP contribution is -2.27. The first-order chi connectivity index (χ1) is 13.5. The van der Waals surface area contributed by atoms with Crippen LogP contribution in [0.2, 0.25) is 0 Å². The van der Waals surface area contributed by atoms with Crippen LogP contribution in [-0.2, 0) is 13.2 Å². The number of furan rings is 1. The van der Waals surface area contributed by atoms with Gasteiger partial charge >= 0.3 is 5.69 Å². The maximum Gasteiger partial charge on any atom is 0.306 e. The number of aromatic nitrogens is 2. The summed E-state index contributed by atoms with van der Waals surface area (Å²) in [6.45, 7) is 0.706. The second-order valence-corrected chi connectivity index (χ2v) is 5.71. The van der Waals surface area contributed by atoms with Crippen molar-refractivity contribution in [3.05, 3.63) is 70.4 Å². The van der Waals surface area contributed by atoms with E-state index in [0.717, 1.165) is 6.20 Å². The molecule has 3 rings (SSSR count). The SMILES string of the molecule is COc1cccc(OCc2ccc(C(=O)NCCn3cc([N+](=O)[O-])cn3)o2)c1. The van der Waals surface area contributed by atoms with Crippen molar-refractivity contribution in [1.82, 2.24) is 15.1 Å². The Morgan fingerprint density at radius 3 is 2.89 bits per heavy atom. The molecule has 1 aromatic carbocycles. The zero-order chi connectivity index (χ0) is 19.9. The molecule has 1 N–H and O–H groups in total. The van der Waals surface area contributed by atoms with E-state index in [4.69, 9.17) is 13.9 Å². The Kier molecular flexibility index (Phi) is 5.90. The summed E-state index contributed by atoms with van der Waals surface area (Å²) >= 11 is 0. The van der Waals surface area contributed by atoms with Crippen LogP contribution < -0.4 is 14.8 Å². The van der Waals surface area contributed by atoms with Gasteiger partial charge in [-0.05, 0) is 24.3 Å². The molecule has 3 aromatic rings. The van der Waals surface area contributed by atoms with Gasteiger partial charge < -0.3 is 19.2 Å². The topological polar surface area (TPSA) is 122 Å². The highest BCUT2D eigenvalue weighted by Crippen LogP contribution is 2.20. The van der Waals surface area contributed by atoms with Crippen LogP contribution in [0.15, 0.2) is 53.2 Å². The molecule has 0 saturated heterocycles. The Morgan fingerprint density at radius 2 is 2.14 bits per heavy atom. The molecule has 10 nitrogen and oxygen atoms in total. The number of nitro groups is 1. The molecule has 2 aromatic heterocycles. The third-order valence-corrected chi connectivity index (χ3v) is 3.76. The quantitative estimate of drug-likeness (QED) is 0.442. The molecular formula is C18H18N4O6. The summed E-state index contributed by atoms with van der Waals surface area (Å²) in [4.78, 5) is 22.2. The molecule has 0 aliphatic heterocycles. The van der Waals surface area contributed by atoms with Gasteiger partial charge in [0.2, 0.25) is 0 Å². The number of benzene rings is 1. The lowest BCUT2D eigenvalue weighted by Gasteiger charge is -2.06. The highest BCUT2D eigenvalue weighted by Gasteiger charge is 2.12. The maximum absolute atomic E-state index is 12.1. The predicted octanol–water partition coefficient (Wildman–Crippen LogP) is 2.40. The molecule has 0 unspecified atom stereocenters. The molecule has 0 radical (unpaired) electrons. The summed E-state index contributed by atoms with van der Waals surface area (Å²) in [5.41, 5.74) is -0.0990. The van der Waals surface area contributed by atoms with E-state index >= 15 is 0 Å². The normalized spacial score (nSPS) is 10.5. The lowest BCUT2D eigenvalue weighted by molar-refractivity contribution is -0.385. The van der Waals surface area contributed by atoms with Gasteiger partial charge in [-0.25, -0.2) is 0 Å². The third kappa shape index (κ3) is 4.87. The van der Waals surface area contributed by atoms with Crippen molar-refractivity contribution in [2.45, 2.75) is 13.2 Å². The van der Waals surface area contributed by atoms with Crippen LogP contribution in [0.3, 0.4) is 0 Å². The molecular weight excluding hydrogens is 368 g/mol. The average molecular weight is 386 g/mol. The Hall–Kier alpha value is -3.82. The van der Waals surface area contributed by atoms with E-state index in [0.29, 0.717) is 23.8 Å². The van der Waals surface area contributed by atoms with Crippen molar-refractivity contribution < 1.29 is 23.6 Å². The summed E-state index contributed by atoms with van der Waals surface area (Å²) < 4.78 is 17.6. The molecule has 10 heteroatoms. The number of hydrogen-bond acceptors (Lipinski definition) is 7. The van der Waals surface area contributed by atoms with E-state index in [-0.39, 0.29) is 24.6 Å². The van der Waals surface area contributed by atoms with Crippen LogP contribution in [0.25, 0.3) is 0 Å². The van der Waals surface area contributed by atoms with E-state index < -0.39 is 10.8 Å². The second kappa shape index (κ2) is 8.71. The molecule has 0 atom stereocenters. The Morgan fingerprint density at radius 1 is 1.32 bits per heavy atom. The summed E-state index contributed by atoms with van der Waals surface area (Å²) in [5.74, 6) is 1.55. The molecule has 146 valence electrons. The number of nitrogens with zero attached hydrogens (tertiary/aromatic N) is 3. The van der Waals surface area contributed by atoms with Gasteiger partial charge in [-0.3, -0.25) is 19.6 Å². The number of methoxy groups -OCH3 is 1. The molecule has 0 aliphatic carbocycles. The summed E-state index contributed by atoms with van der Waals surface area (Å²) in [6.07, 6.45) is 2.45. The van der Waals surface area contributed by atoms with Crippen LogP contribution in [0.1, 0.15) is 16.3 Å². The van der Waals surface area contributed by atoms with Crippen LogP contribution in [0.4, 0.5) is 5.69 Å². The van der Waals surface area contributed by atoms with Gasteiger partial charge in [0.1, 0.15) is 36.3 Å². The number of carbonyl (C=O) groups is 1. The van der Waals surface area contributed by atoms with Gasteiger partial charge in [0, 0.05) is 12.6 Å². The molecule has 0 fully saturated rings. The molecule has 2 heterocycles. The first kappa shape index (κ1) is 19.0. The van der Waals surface area contributed by atoms with E-state index in [9.17, 15) is 14.9 Å². The van der Waals surface area contributed by atoms with Crippen molar-refractivity contribution in [3.8, 4) is 11.5 Å². The van der Waals surface area contributed by atoms with E-state index in [1.165, 1.54) is 10.9 Å². The molecule has 0 spiro atoms. The fraction of sp³-hybridized carbons (Fsp3) is 0.222. The largest absolute Gasteiger partial charge is 0.497 e. The summed E-state index contributed by atoms with van der Waals surface area (Å²) in [6, 6.07) is 10.4. The zero-order valence-electron chi connectivity index (χ0n) is 15.0. The minimum absolute atomic E-state index is 0.0990. The van der Waals surface area contributed by atoms with Crippen molar-refractivity contribution >= 4 is 11.6 Å². The van der Waals surface area contributed by atoms with Crippen molar-refractivity contribution in [2.75, 3.05) is 13.7 Å². The number of hydrogen-bond donors (Lipinski definition) is 1. The van der Waals surface area contributed by atoms with Crippen LogP contribution >= 0.6 is 0 Å². The fourth-order valence-corrected chi connectivity index (χ4v) is 2.36. The number of carbonyl (C=O) groups excluding carboxylic acids is 1. The minimum Gasteiger partial charge on any atom is -0.497 e. The molecule has 0 bridgehead atoms. The van der Waals surface area contributed by atoms with Gasteiger partial charge in [0.25, 0.3) is 5.91 Å². The Bertz CT molecular complexity index is 964. The smallest absolute Gasteiger partial charge is 0.306 e. The monoisotopic (exact) mass is 386 g/mol. The first-order valence-electron chi connectivity index (χ1n) is 8.36. The van der Waals surface area contributed by atoms with Gasteiger partial charge in [-0.2, -0.15) is 5.10 Å². The van der Waals surface area contributed by atoms with Gasteiger partial charge in [-0.1, -0.05) is 6.07 Å². The van der Waals surface area contributed by atoms with E-state index in [2.05, 4.69) is 10.4 Å². The van der Waals surface area contributed by atoms with Crippen LogP contribution in [0, 0.1) is 10.1 Å². The summed E-state index contributed by atoms with van der Waals surface area (Å²) in [7, 11) is 1.57. The standard InChI is InChI=1S/C18H18N4O6/c1-26-14-3-2-4-15(9-14)27-12-16-5-6-17(28-16)18(23)19-7-8-21-11-13(10-20-21)22(24)25/h2-6,9-11H,7-8,12H2,1H3,(H,19,23). The van der Waals surface area contributed by atoms with Crippen molar-refractivity contribution in [3.63, 3.8) is 0 Å². The number of rotatable bonds is 9. The molecule has 0 saturated carbocycles. The summed E-state index contributed by atoms with van der Waals surface area (Å²) in [5, 5.41) is 17.1. The number of amides is 1. The second-order valence-electron chi connectivity index (χ2n) is 5.71. The predicted molar refractivity (Wildman–Crippen MR) is 97.2 cm³/mol. The molecule has 28 heavy (non-hydrogen) atoms. The Balaban J connectivity index is 1.47. The van der Waals surface area contributed by atoms with E-state index in [1.807, 2.05) is 12.1 Å². The zero-order valence-corrected chi connectivity index (χ0v) is 15.0. The van der Waals surface area contributed by atoms with Gasteiger partial charge in [-0.15, -0.1) is 0 Å². The number of nitrogens with one attached hydrogen (secondary N) is 1. The highest BCUT2D eigenvalue weighted by atomic mass is 16.6. The Labute approximate surface area is 159 Å². The van der Waals surface area contributed by atoms with Crippen molar-refractivity contribution in [1.29, 1.82) is 0 Å². The minimum atomic E-state index is -0.528. The molecule has 1 amide bonds. The van der Waals surface area contributed by atoms with Crippen LogP contribution in [-0.4, -0.2) is 34.3 Å². The average Bonchev–Trinajstić information content (AvgIpc) is 3.36. The van der Waals surface area contributed by atoms with Crippen LogP contribution in [0.5, 0.6) is 11.5 Å². The fourth-order valence-electron chi connectivity index (χ4n) is 2.36. The van der Waals surface area contributed by atoms with Gasteiger partial charge in [0.15, 0.2) is 5.76 Å². The lowest BCUT2D eigenvalue weighted by atomic mass is 10.3. The van der Waals surface area contributed by atoms with E-state index in [1.54, 1.807) is 31.4 Å². The van der Waals surface area contributed by atoms with Crippen molar-refractivity contribution in [2.24, 2.45) is 0 Å². The highest BCUT2D eigenvalue weighted by molar-refractivity contribution is 5.91. The van der Waals surface area contributed by atoms with Gasteiger partial charge in [0.05, 0.1) is 18.6 Å². The maximum atomic E-state index is 12.1. The molecule has 0 aliphatic rings. The first-order valence-corrected chi connectivity index (χ1v) is 8.36. The number of ether oxygens (including phenoxy) is 2.